The Morgan fingerprint density at radius 3 is 2.89 bits per heavy atom. The molecule has 0 aliphatic carbocycles. The third kappa shape index (κ3) is 3.30. The zero-order valence-electron chi connectivity index (χ0n) is 11.5. The van der Waals surface area contributed by atoms with Gasteiger partial charge < -0.3 is 10.5 Å². The van der Waals surface area contributed by atoms with Crippen LogP contribution in [0.4, 0.5) is 0 Å². The molecule has 0 amide bonds. The van der Waals surface area contributed by atoms with Gasteiger partial charge in [0.1, 0.15) is 0 Å². The summed E-state index contributed by atoms with van der Waals surface area (Å²) in [7, 11) is 1.37. The lowest BCUT2D eigenvalue weighted by Crippen LogP contribution is -2.27. The van der Waals surface area contributed by atoms with Crippen LogP contribution in [0.5, 0.6) is 0 Å². The van der Waals surface area contributed by atoms with E-state index < -0.39 is 0 Å². The fourth-order valence-corrected chi connectivity index (χ4v) is 2.57. The minimum Gasteiger partial charge on any atom is -0.465 e. The Morgan fingerprint density at radius 1 is 1.58 bits per heavy atom. The van der Waals surface area contributed by atoms with Gasteiger partial charge in [-0.2, -0.15) is 0 Å². The summed E-state index contributed by atoms with van der Waals surface area (Å²) < 4.78 is 4.65. The number of carbonyl (C=O) groups excluding carboxylic acids is 1. The maximum atomic E-state index is 11.3. The Bertz CT molecular complexity index is 433. The average molecular weight is 263 g/mol. The molecule has 1 aliphatic rings. The SMILES string of the molecule is COC(=O)c1ccc(CN2CC(CN)CC2C)nc1. The van der Waals surface area contributed by atoms with E-state index in [9.17, 15) is 4.79 Å². The number of rotatable bonds is 4. The molecule has 104 valence electrons. The smallest absolute Gasteiger partial charge is 0.339 e. The molecule has 0 spiro atoms. The Morgan fingerprint density at radius 2 is 2.37 bits per heavy atom. The summed E-state index contributed by atoms with van der Waals surface area (Å²) in [5.41, 5.74) is 7.18. The minimum absolute atomic E-state index is 0.350. The third-order valence-electron chi connectivity index (χ3n) is 3.73. The van der Waals surface area contributed by atoms with Gasteiger partial charge in [0.25, 0.3) is 0 Å². The van der Waals surface area contributed by atoms with Crippen molar-refractivity contribution in [2.75, 3.05) is 20.2 Å². The topological polar surface area (TPSA) is 68.5 Å². The van der Waals surface area contributed by atoms with Crippen molar-refractivity contribution in [2.45, 2.75) is 25.9 Å². The number of hydrogen-bond acceptors (Lipinski definition) is 5. The first-order valence-corrected chi connectivity index (χ1v) is 6.61. The van der Waals surface area contributed by atoms with E-state index in [1.807, 2.05) is 6.07 Å². The minimum atomic E-state index is -0.350. The summed E-state index contributed by atoms with van der Waals surface area (Å²) in [4.78, 5) is 18.0. The van der Waals surface area contributed by atoms with E-state index in [-0.39, 0.29) is 5.97 Å². The highest BCUT2D eigenvalue weighted by Gasteiger charge is 2.28. The number of nitrogens with zero attached hydrogens (tertiary/aromatic N) is 2. The lowest BCUT2D eigenvalue weighted by molar-refractivity contribution is 0.0600. The number of esters is 1. The van der Waals surface area contributed by atoms with Crippen LogP contribution in [0, 0.1) is 5.92 Å². The molecule has 0 aromatic carbocycles. The number of pyridine rings is 1. The molecule has 1 fully saturated rings. The maximum Gasteiger partial charge on any atom is 0.339 e. The van der Waals surface area contributed by atoms with Crippen LogP contribution < -0.4 is 5.73 Å². The molecule has 1 aromatic rings. The first-order valence-electron chi connectivity index (χ1n) is 6.61. The molecule has 0 saturated carbocycles. The van der Waals surface area contributed by atoms with Gasteiger partial charge in [0.15, 0.2) is 0 Å². The lowest BCUT2D eigenvalue weighted by atomic mass is 10.1. The molecule has 5 heteroatoms. The van der Waals surface area contributed by atoms with E-state index >= 15 is 0 Å². The van der Waals surface area contributed by atoms with Crippen LogP contribution in [0.15, 0.2) is 18.3 Å². The van der Waals surface area contributed by atoms with Crippen molar-refractivity contribution >= 4 is 5.97 Å². The zero-order valence-corrected chi connectivity index (χ0v) is 11.5. The molecular weight excluding hydrogens is 242 g/mol. The molecule has 2 atom stereocenters. The van der Waals surface area contributed by atoms with E-state index in [2.05, 4.69) is 21.5 Å². The molecule has 0 radical (unpaired) electrons. The van der Waals surface area contributed by atoms with Gasteiger partial charge in [-0.3, -0.25) is 9.88 Å². The number of hydrogen-bond donors (Lipinski definition) is 1. The van der Waals surface area contributed by atoms with Crippen LogP contribution >= 0.6 is 0 Å². The largest absolute Gasteiger partial charge is 0.465 e. The molecule has 1 aliphatic heterocycles. The summed E-state index contributed by atoms with van der Waals surface area (Å²) in [6, 6.07) is 4.18. The number of ether oxygens (including phenoxy) is 1. The molecule has 0 bridgehead atoms. The van der Waals surface area contributed by atoms with Gasteiger partial charge in [0.2, 0.25) is 0 Å². The molecule has 2 heterocycles. The highest BCUT2D eigenvalue weighted by atomic mass is 16.5. The van der Waals surface area contributed by atoms with Gasteiger partial charge in [-0.05, 0) is 37.9 Å². The quantitative estimate of drug-likeness (QED) is 0.822. The van der Waals surface area contributed by atoms with Gasteiger partial charge in [0.05, 0.1) is 18.4 Å². The summed E-state index contributed by atoms with van der Waals surface area (Å²) in [6.07, 6.45) is 2.72. The number of methoxy groups -OCH3 is 1. The fraction of sp³-hybridized carbons (Fsp3) is 0.571. The fourth-order valence-electron chi connectivity index (χ4n) is 2.57. The second-order valence-corrected chi connectivity index (χ2v) is 5.15. The molecule has 1 saturated heterocycles. The Balaban J connectivity index is 1.98. The predicted molar refractivity (Wildman–Crippen MR) is 72.6 cm³/mol. The van der Waals surface area contributed by atoms with E-state index in [4.69, 9.17) is 5.73 Å². The lowest BCUT2D eigenvalue weighted by Gasteiger charge is -2.20. The van der Waals surface area contributed by atoms with Crippen molar-refractivity contribution in [1.29, 1.82) is 0 Å². The highest BCUT2D eigenvalue weighted by Crippen LogP contribution is 2.23. The molecule has 1 aromatic heterocycles. The Hall–Kier alpha value is -1.46. The Kier molecular flexibility index (Phi) is 4.50. The molecule has 2 N–H and O–H groups in total. The van der Waals surface area contributed by atoms with Crippen molar-refractivity contribution in [3.05, 3.63) is 29.6 Å². The summed E-state index contributed by atoms with van der Waals surface area (Å²) >= 11 is 0. The summed E-state index contributed by atoms with van der Waals surface area (Å²) in [5.74, 6) is 0.237. The van der Waals surface area contributed by atoms with E-state index in [1.54, 1.807) is 12.3 Å². The van der Waals surface area contributed by atoms with E-state index in [0.29, 0.717) is 17.5 Å². The zero-order chi connectivity index (χ0) is 13.8. The summed E-state index contributed by atoms with van der Waals surface area (Å²) in [6.45, 7) is 4.80. The highest BCUT2D eigenvalue weighted by molar-refractivity contribution is 5.88. The van der Waals surface area contributed by atoms with Crippen LogP contribution in [0.3, 0.4) is 0 Å². The first kappa shape index (κ1) is 14.0. The van der Waals surface area contributed by atoms with Crippen LogP contribution in [-0.2, 0) is 11.3 Å². The normalized spacial score (nSPS) is 23.5. The van der Waals surface area contributed by atoms with Gasteiger partial charge in [-0.15, -0.1) is 0 Å². The molecule has 2 unspecified atom stereocenters. The number of likely N-dealkylation sites (tertiary alicyclic amines) is 1. The van der Waals surface area contributed by atoms with Crippen LogP contribution in [0.1, 0.15) is 29.4 Å². The molecular formula is C14H21N3O2. The molecule has 2 rings (SSSR count). The van der Waals surface area contributed by atoms with Crippen molar-refractivity contribution in [3.8, 4) is 0 Å². The van der Waals surface area contributed by atoms with Crippen molar-refractivity contribution in [3.63, 3.8) is 0 Å². The number of nitrogens with two attached hydrogens (primary N) is 1. The van der Waals surface area contributed by atoms with Crippen molar-refractivity contribution in [1.82, 2.24) is 9.88 Å². The Labute approximate surface area is 113 Å². The third-order valence-corrected chi connectivity index (χ3v) is 3.73. The molecule has 5 nitrogen and oxygen atoms in total. The van der Waals surface area contributed by atoms with Gasteiger partial charge >= 0.3 is 5.97 Å². The monoisotopic (exact) mass is 263 g/mol. The van der Waals surface area contributed by atoms with Crippen LogP contribution in [0.2, 0.25) is 0 Å². The first-order chi connectivity index (χ1) is 9.13. The van der Waals surface area contributed by atoms with E-state index in [0.717, 1.165) is 31.7 Å². The number of aromatic nitrogens is 1. The summed E-state index contributed by atoms with van der Waals surface area (Å²) in [5, 5.41) is 0. The second-order valence-electron chi connectivity index (χ2n) is 5.15. The predicted octanol–water partition coefficient (Wildman–Crippen LogP) is 1.04. The van der Waals surface area contributed by atoms with Crippen molar-refractivity contribution < 1.29 is 9.53 Å². The van der Waals surface area contributed by atoms with Gasteiger partial charge in [-0.1, -0.05) is 0 Å². The number of carbonyl (C=O) groups is 1. The maximum absolute atomic E-state index is 11.3. The second kappa shape index (κ2) is 6.12. The average Bonchev–Trinajstić information content (AvgIpc) is 2.79. The molecule has 19 heavy (non-hydrogen) atoms. The van der Waals surface area contributed by atoms with Crippen LogP contribution in [0.25, 0.3) is 0 Å². The van der Waals surface area contributed by atoms with Crippen molar-refractivity contribution in [2.24, 2.45) is 11.7 Å². The standard InChI is InChI=1S/C14H21N3O2/c1-10-5-11(6-15)8-17(10)9-13-4-3-12(7-16-13)14(18)19-2/h3-4,7,10-11H,5-6,8-9,15H2,1-2H3. The van der Waals surface area contributed by atoms with E-state index in [1.165, 1.54) is 7.11 Å². The van der Waals surface area contributed by atoms with Crippen LogP contribution in [-0.4, -0.2) is 42.1 Å². The van der Waals surface area contributed by atoms with Gasteiger partial charge in [0, 0.05) is 25.3 Å². The van der Waals surface area contributed by atoms with Gasteiger partial charge in [-0.25, -0.2) is 4.79 Å².